The van der Waals surface area contributed by atoms with Crippen LogP contribution in [0.4, 0.5) is 0 Å². The van der Waals surface area contributed by atoms with Gasteiger partial charge in [-0.15, -0.1) is 0 Å². The maximum Gasteiger partial charge on any atom is 0.257 e. The van der Waals surface area contributed by atoms with Crippen molar-refractivity contribution >= 4 is 5.91 Å². The summed E-state index contributed by atoms with van der Waals surface area (Å²) in [6.07, 6.45) is 6.26. The maximum absolute atomic E-state index is 12.8. The predicted molar refractivity (Wildman–Crippen MR) is 95.2 cm³/mol. The molecular formula is C20H17N3O3. The standard InChI is InChI=1S/C20H17N3O3/c24-18-7-1-5-14-15(18)8-9-17(14)23-19(25)16-6-3-11-22-20(16)26-13-4-2-10-21-12-13/h1-7,10-12,17,24H,8-9H2,(H,23,25)/t17-/m1/s1. The Morgan fingerprint density at radius 3 is 2.88 bits per heavy atom. The molecule has 2 N–H and O–H groups in total. The van der Waals surface area contributed by atoms with Gasteiger partial charge in [0.15, 0.2) is 0 Å². The Kier molecular flexibility index (Phi) is 4.23. The third kappa shape index (κ3) is 3.09. The number of carbonyl (C=O) groups excluding carboxylic acids is 1. The molecule has 0 radical (unpaired) electrons. The molecule has 4 rings (SSSR count). The van der Waals surface area contributed by atoms with E-state index in [1.54, 1.807) is 55.0 Å². The molecule has 6 nitrogen and oxygen atoms in total. The molecular weight excluding hydrogens is 330 g/mol. The van der Waals surface area contributed by atoms with E-state index in [1.807, 2.05) is 6.07 Å². The van der Waals surface area contributed by atoms with Gasteiger partial charge in [-0.2, -0.15) is 0 Å². The number of nitrogens with one attached hydrogen (secondary N) is 1. The zero-order valence-electron chi connectivity index (χ0n) is 13.9. The van der Waals surface area contributed by atoms with Crippen LogP contribution in [0.5, 0.6) is 17.4 Å². The molecule has 0 fully saturated rings. The Morgan fingerprint density at radius 1 is 1.15 bits per heavy atom. The van der Waals surface area contributed by atoms with E-state index in [0.717, 1.165) is 24.0 Å². The van der Waals surface area contributed by atoms with E-state index in [0.29, 0.717) is 11.3 Å². The van der Waals surface area contributed by atoms with Crippen molar-refractivity contribution in [3.8, 4) is 17.4 Å². The van der Waals surface area contributed by atoms with Crippen molar-refractivity contribution in [2.75, 3.05) is 0 Å². The lowest BCUT2D eigenvalue weighted by Crippen LogP contribution is -2.27. The minimum absolute atomic E-state index is 0.143. The molecule has 3 aromatic rings. The molecule has 2 aromatic heterocycles. The van der Waals surface area contributed by atoms with Gasteiger partial charge >= 0.3 is 0 Å². The maximum atomic E-state index is 12.8. The monoisotopic (exact) mass is 347 g/mol. The zero-order valence-corrected chi connectivity index (χ0v) is 13.9. The van der Waals surface area contributed by atoms with Crippen LogP contribution < -0.4 is 10.1 Å². The number of carbonyl (C=O) groups is 1. The van der Waals surface area contributed by atoms with Gasteiger partial charge in [-0.1, -0.05) is 12.1 Å². The van der Waals surface area contributed by atoms with Gasteiger partial charge < -0.3 is 15.2 Å². The molecule has 0 saturated heterocycles. The summed E-state index contributed by atoms with van der Waals surface area (Å²) in [5, 5.41) is 13.0. The fraction of sp³-hybridized carbons (Fsp3) is 0.150. The van der Waals surface area contributed by atoms with Crippen LogP contribution in [0, 0.1) is 0 Å². The third-order valence-corrected chi connectivity index (χ3v) is 4.42. The molecule has 1 atom stereocenters. The summed E-state index contributed by atoms with van der Waals surface area (Å²) in [4.78, 5) is 21.0. The Labute approximate surface area is 150 Å². The fourth-order valence-corrected chi connectivity index (χ4v) is 3.19. The van der Waals surface area contributed by atoms with Crippen LogP contribution in [-0.4, -0.2) is 21.0 Å². The quantitative estimate of drug-likeness (QED) is 0.756. The van der Waals surface area contributed by atoms with E-state index in [1.165, 1.54) is 0 Å². The highest BCUT2D eigenvalue weighted by Crippen LogP contribution is 2.36. The van der Waals surface area contributed by atoms with Gasteiger partial charge in [0.1, 0.15) is 17.1 Å². The number of phenols is 1. The van der Waals surface area contributed by atoms with Gasteiger partial charge in [0.25, 0.3) is 5.91 Å². The Morgan fingerprint density at radius 2 is 2.04 bits per heavy atom. The van der Waals surface area contributed by atoms with E-state index in [-0.39, 0.29) is 23.6 Å². The average Bonchev–Trinajstić information content (AvgIpc) is 3.07. The first-order valence-electron chi connectivity index (χ1n) is 8.37. The van der Waals surface area contributed by atoms with Crippen molar-refractivity contribution in [1.82, 2.24) is 15.3 Å². The number of nitrogens with zero attached hydrogens (tertiary/aromatic N) is 2. The second-order valence-electron chi connectivity index (χ2n) is 6.06. The molecule has 1 aliphatic carbocycles. The van der Waals surface area contributed by atoms with Gasteiger partial charge in [0, 0.05) is 12.4 Å². The van der Waals surface area contributed by atoms with E-state index < -0.39 is 0 Å². The van der Waals surface area contributed by atoms with Crippen molar-refractivity contribution < 1.29 is 14.6 Å². The molecule has 2 heterocycles. The molecule has 1 aliphatic rings. The Hall–Kier alpha value is -3.41. The molecule has 0 aliphatic heterocycles. The SMILES string of the molecule is O=C(N[C@@H]1CCc2c(O)cccc21)c1cccnc1Oc1cccnc1. The minimum atomic E-state index is -0.266. The van der Waals surface area contributed by atoms with E-state index in [2.05, 4.69) is 15.3 Å². The van der Waals surface area contributed by atoms with Crippen molar-refractivity contribution in [3.05, 3.63) is 77.7 Å². The van der Waals surface area contributed by atoms with Gasteiger partial charge in [0.05, 0.1) is 12.2 Å². The summed E-state index contributed by atoms with van der Waals surface area (Å²) in [5.74, 6) is 0.753. The lowest BCUT2D eigenvalue weighted by molar-refractivity contribution is 0.0933. The second-order valence-corrected chi connectivity index (χ2v) is 6.06. The van der Waals surface area contributed by atoms with Crippen LogP contribution in [0.15, 0.2) is 61.1 Å². The lowest BCUT2D eigenvalue weighted by atomic mass is 10.1. The topological polar surface area (TPSA) is 84.3 Å². The highest BCUT2D eigenvalue weighted by atomic mass is 16.5. The summed E-state index contributed by atoms with van der Waals surface area (Å²) < 4.78 is 5.71. The molecule has 1 aromatic carbocycles. The van der Waals surface area contributed by atoms with Crippen molar-refractivity contribution in [2.45, 2.75) is 18.9 Å². The lowest BCUT2D eigenvalue weighted by Gasteiger charge is -2.15. The number of rotatable bonds is 4. The number of ether oxygens (including phenoxy) is 1. The van der Waals surface area contributed by atoms with E-state index in [9.17, 15) is 9.90 Å². The first-order chi connectivity index (χ1) is 12.7. The number of amides is 1. The number of benzene rings is 1. The molecule has 0 spiro atoms. The van der Waals surface area contributed by atoms with Crippen molar-refractivity contribution in [2.24, 2.45) is 0 Å². The Bertz CT molecular complexity index is 944. The predicted octanol–water partition coefficient (Wildman–Crippen LogP) is 3.39. The van der Waals surface area contributed by atoms with Gasteiger partial charge in [-0.3, -0.25) is 9.78 Å². The highest BCUT2D eigenvalue weighted by Gasteiger charge is 2.27. The molecule has 6 heteroatoms. The van der Waals surface area contributed by atoms with Crippen LogP contribution in [0.2, 0.25) is 0 Å². The van der Waals surface area contributed by atoms with Crippen LogP contribution in [0.1, 0.15) is 33.9 Å². The van der Waals surface area contributed by atoms with Crippen LogP contribution in [0.25, 0.3) is 0 Å². The number of phenolic OH excluding ortho intramolecular Hbond substituents is 1. The molecule has 1 amide bonds. The van der Waals surface area contributed by atoms with Gasteiger partial charge in [-0.05, 0) is 54.3 Å². The number of aromatic nitrogens is 2. The van der Waals surface area contributed by atoms with Crippen LogP contribution in [-0.2, 0) is 6.42 Å². The number of hydrogen-bond acceptors (Lipinski definition) is 5. The summed E-state index contributed by atoms with van der Waals surface area (Å²) in [6, 6.07) is 12.1. The van der Waals surface area contributed by atoms with Crippen molar-refractivity contribution in [1.29, 1.82) is 0 Å². The normalized spacial score (nSPS) is 15.3. The number of fused-ring (bicyclic) bond motifs is 1. The second kappa shape index (κ2) is 6.84. The van der Waals surface area contributed by atoms with Crippen LogP contribution in [0.3, 0.4) is 0 Å². The largest absolute Gasteiger partial charge is 0.508 e. The molecule has 130 valence electrons. The summed E-state index contributed by atoms with van der Waals surface area (Å²) in [5.41, 5.74) is 2.21. The molecule has 26 heavy (non-hydrogen) atoms. The highest BCUT2D eigenvalue weighted by molar-refractivity contribution is 5.96. The first kappa shape index (κ1) is 16.1. The van der Waals surface area contributed by atoms with E-state index >= 15 is 0 Å². The summed E-state index contributed by atoms with van der Waals surface area (Å²) >= 11 is 0. The first-order valence-corrected chi connectivity index (χ1v) is 8.37. The summed E-state index contributed by atoms with van der Waals surface area (Å²) in [6.45, 7) is 0. The minimum Gasteiger partial charge on any atom is -0.508 e. The molecule has 0 saturated carbocycles. The smallest absolute Gasteiger partial charge is 0.257 e. The zero-order chi connectivity index (χ0) is 17.9. The van der Waals surface area contributed by atoms with Crippen molar-refractivity contribution in [3.63, 3.8) is 0 Å². The van der Waals surface area contributed by atoms with Gasteiger partial charge in [0.2, 0.25) is 5.88 Å². The fourth-order valence-electron chi connectivity index (χ4n) is 3.19. The van der Waals surface area contributed by atoms with E-state index in [4.69, 9.17) is 4.74 Å². The molecule has 0 unspecified atom stereocenters. The third-order valence-electron chi connectivity index (χ3n) is 4.42. The van der Waals surface area contributed by atoms with Crippen LogP contribution >= 0.6 is 0 Å². The van der Waals surface area contributed by atoms with Gasteiger partial charge in [-0.25, -0.2) is 4.98 Å². The summed E-state index contributed by atoms with van der Waals surface area (Å²) in [7, 11) is 0. The number of hydrogen-bond donors (Lipinski definition) is 2. The number of pyridine rings is 2. The number of aromatic hydroxyl groups is 1. The Balaban J connectivity index is 1.56. The average molecular weight is 347 g/mol. The molecule has 0 bridgehead atoms.